The molecule has 2 aromatic rings. The van der Waals surface area contributed by atoms with E-state index in [0.29, 0.717) is 31.9 Å². The van der Waals surface area contributed by atoms with E-state index in [4.69, 9.17) is 9.15 Å². The lowest BCUT2D eigenvalue weighted by Gasteiger charge is -2.22. The number of carbonyl (C=O) groups excluding carboxylic acids is 1. The Bertz CT molecular complexity index is 759. The Balaban J connectivity index is 1.71. The molecule has 1 aliphatic rings. The summed E-state index contributed by atoms with van der Waals surface area (Å²) in [6, 6.07) is 5.97. The number of anilines is 1. The Morgan fingerprint density at radius 2 is 2.12 bits per heavy atom. The van der Waals surface area contributed by atoms with E-state index in [1.54, 1.807) is 6.20 Å². The van der Waals surface area contributed by atoms with Crippen molar-refractivity contribution in [2.75, 3.05) is 18.1 Å². The molecule has 5 heteroatoms. The number of rotatable bonds is 3. The minimum absolute atomic E-state index is 0.0755. The number of oxazole rings is 1. The zero-order chi connectivity index (χ0) is 18.0. The summed E-state index contributed by atoms with van der Waals surface area (Å²) in [4.78, 5) is 19.0. The third-order valence-corrected chi connectivity index (χ3v) is 4.34. The SMILES string of the molecule is Cc1ccc2c(c1)N(C(=O)CCc1ncc(C(C)(C)C)o1)CCCO2. The van der Waals surface area contributed by atoms with Crippen LogP contribution in [0.2, 0.25) is 0 Å². The second-order valence-corrected chi connectivity index (χ2v) is 7.59. The largest absolute Gasteiger partial charge is 0.491 e. The van der Waals surface area contributed by atoms with Gasteiger partial charge in [0.05, 0.1) is 18.5 Å². The molecule has 0 N–H and O–H groups in total. The van der Waals surface area contributed by atoms with Crippen LogP contribution in [-0.2, 0) is 16.6 Å². The van der Waals surface area contributed by atoms with Gasteiger partial charge in [0.2, 0.25) is 5.91 Å². The van der Waals surface area contributed by atoms with Gasteiger partial charge in [-0.1, -0.05) is 26.8 Å². The van der Waals surface area contributed by atoms with E-state index >= 15 is 0 Å². The van der Waals surface area contributed by atoms with E-state index in [9.17, 15) is 4.79 Å². The van der Waals surface area contributed by atoms with Crippen molar-refractivity contribution in [1.29, 1.82) is 0 Å². The van der Waals surface area contributed by atoms with Crippen LogP contribution in [0, 0.1) is 6.92 Å². The van der Waals surface area contributed by atoms with Crippen molar-refractivity contribution in [3.63, 3.8) is 0 Å². The van der Waals surface area contributed by atoms with Crippen LogP contribution in [0.25, 0.3) is 0 Å². The van der Waals surface area contributed by atoms with Crippen molar-refractivity contribution < 1.29 is 13.9 Å². The molecular formula is C20H26N2O3. The summed E-state index contributed by atoms with van der Waals surface area (Å²) in [7, 11) is 0. The van der Waals surface area contributed by atoms with Gasteiger partial charge in [-0.15, -0.1) is 0 Å². The summed E-state index contributed by atoms with van der Waals surface area (Å²) in [6.45, 7) is 9.58. The molecule has 1 amide bonds. The number of ether oxygens (including phenoxy) is 1. The second kappa shape index (κ2) is 6.90. The monoisotopic (exact) mass is 342 g/mol. The molecule has 134 valence electrons. The first-order valence-electron chi connectivity index (χ1n) is 8.83. The predicted octanol–water partition coefficient (Wildman–Crippen LogP) is 4.03. The van der Waals surface area contributed by atoms with Gasteiger partial charge < -0.3 is 14.1 Å². The van der Waals surface area contributed by atoms with Crippen molar-refractivity contribution in [2.24, 2.45) is 0 Å². The first-order chi connectivity index (χ1) is 11.8. The summed E-state index contributed by atoms with van der Waals surface area (Å²) in [5, 5.41) is 0. The normalized spacial score (nSPS) is 14.6. The molecule has 0 aliphatic carbocycles. The van der Waals surface area contributed by atoms with E-state index in [-0.39, 0.29) is 11.3 Å². The van der Waals surface area contributed by atoms with Gasteiger partial charge in [-0.2, -0.15) is 0 Å². The molecule has 3 rings (SSSR count). The minimum atomic E-state index is -0.0755. The molecule has 0 saturated carbocycles. The number of amides is 1. The number of carbonyl (C=O) groups is 1. The third-order valence-electron chi connectivity index (χ3n) is 4.34. The lowest BCUT2D eigenvalue weighted by Crippen LogP contribution is -2.31. The van der Waals surface area contributed by atoms with E-state index < -0.39 is 0 Å². The van der Waals surface area contributed by atoms with Crippen LogP contribution < -0.4 is 9.64 Å². The van der Waals surface area contributed by atoms with Crippen LogP contribution in [0.15, 0.2) is 28.8 Å². The van der Waals surface area contributed by atoms with Gasteiger partial charge in [0, 0.05) is 24.8 Å². The van der Waals surface area contributed by atoms with Crippen LogP contribution in [-0.4, -0.2) is 24.0 Å². The van der Waals surface area contributed by atoms with Crippen molar-refractivity contribution in [2.45, 2.75) is 52.4 Å². The molecule has 1 aromatic heterocycles. The maximum atomic E-state index is 12.8. The molecule has 2 heterocycles. The molecule has 1 aliphatic heterocycles. The highest BCUT2D eigenvalue weighted by Crippen LogP contribution is 2.32. The molecule has 0 bridgehead atoms. The number of hydrogen-bond acceptors (Lipinski definition) is 4. The molecule has 0 fully saturated rings. The Labute approximate surface area is 149 Å². The summed E-state index contributed by atoms with van der Waals surface area (Å²) in [5.74, 6) is 2.32. The fraction of sp³-hybridized carbons (Fsp3) is 0.500. The number of benzene rings is 1. The summed E-state index contributed by atoms with van der Waals surface area (Å²) < 4.78 is 11.6. The predicted molar refractivity (Wildman–Crippen MR) is 97.2 cm³/mol. The Kier molecular flexibility index (Phi) is 4.84. The molecule has 1 aromatic carbocycles. The van der Waals surface area contributed by atoms with Crippen molar-refractivity contribution >= 4 is 11.6 Å². The number of aryl methyl sites for hydroxylation is 2. The Morgan fingerprint density at radius 1 is 1.32 bits per heavy atom. The average Bonchev–Trinajstić information content (AvgIpc) is 2.94. The van der Waals surface area contributed by atoms with E-state index in [2.05, 4.69) is 25.8 Å². The van der Waals surface area contributed by atoms with E-state index in [0.717, 1.165) is 29.2 Å². The summed E-state index contributed by atoms with van der Waals surface area (Å²) in [5.41, 5.74) is 1.91. The molecular weight excluding hydrogens is 316 g/mol. The lowest BCUT2D eigenvalue weighted by molar-refractivity contribution is -0.118. The summed E-state index contributed by atoms with van der Waals surface area (Å²) in [6.07, 6.45) is 3.47. The van der Waals surface area contributed by atoms with Crippen molar-refractivity contribution in [1.82, 2.24) is 4.98 Å². The highest BCUT2D eigenvalue weighted by Gasteiger charge is 2.23. The molecule has 25 heavy (non-hydrogen) atoms. The fourth-order valence-corrected chi connectivity index (χ4v) is 2.87. The number of hydrogen-bond donors (Lipinski definition) is 0. The van der Waals surface area contributed by atoms with Gasteiger partial charge in [0.15, 0.2) is 5.89 Å². The number of fused-ring (bicyclic) bond motifs is 1. The number of aromatic nitrogens is 1. The van der Waals surface area contributed by atoms with Gasteiger partial charge in [-0.3, -0.25) is 4.79 Å². The highest BCUT2D eigenvalue weighted by atomic mass is 16.5. The summed E-state index contributed by atoms with van der Waals surface area (Å²) >= 11 is 0. The van der Waals surface area contributed by atoms with Gasteiger partial charge in [-0.25, -0.2) is 4.98 Å². The lowest BCUT2D eigenvalue weighted by atomic mass is 9.94. The van der Waals surface area contributed by atoms with E-state index in [1.807, 2.05) is 30.0 Å². The van der Waals surface area contributed by atoms with Gasteiger partial charge in [0.1, 0.15) is 11.5 Å². The molecule has 0 atom stereocenters. The van der Waals surface area contributed by atoms with Gasteiger partial charge in [0.25, 0.3) is 0 Å². The van der Waals surface area contributed by atoms with E-state index in [1.165, 1.54) is 0 Å². The molecule has 0 unspecified atom stereocenters. The van der Waals surface area contributed by atoms with Crippen LogP contribution in [0.1, 0.15) is 50.8 Å². The topological polar surface area (TPSA) is 55.6 Å². The van der Waals surface area contributed by atoms with Crippen LogP contribution >= 0.6 is 0 Å². The Morgan fingerprint density at radius 3 is 2.84 bits per heavy atom. The molecule has 0 spiro atoms. The van der Waals surface area contributed by atoms with Crippen LogP contribution in [0.4, 0.5) is 5.69 Å². The number of nitrogens with zero attached hydrogens (tertiary/aromatic N) is 2. The Hall–Kier alpha value is -2.30. The van der Waals surface area contributed by atoms with Crippen molar-refractivity contribution in [3.05, 3.63) is 41.6 Å². The first-order valence-corrected chi connectivity index (χ1v) is 8.83. The maximum Gasteiger partial charge on any atom is 0.227 e. The highest BCUT2D eigenvalue weighted by molar-refractivity contribution is 5.95. The molecule has 0 radical (unpaired) electrons. The van der Waals surface area contributed by atoms with Crippen LogP contribution in [0.5, 0.6) is 5.75 Å². The van der Waals surface area contributed by atoms with Gasteiger partial charge >= 0.3 is 0 Å². The molecule has 5 nitrogen and oxygen atoms in total. The van der Waals surface area contributed by atoms with Gasteiger partial charge in [-0.05, 0) is 31.0 Å². The van der Waals surface area contributed by atoms with Crippen molar-refractivity contribution in [3.8, 4) is 5.75 Å². The first kappa shape index (κ1) is 17.5. The average molecular weight is 342 g/mol. The van der Waals surface area contributed by atoms with Crippen LogP contribution in [0.3, 0.4) is 0 Å². The molecule has 0 saturated heterocycles. The fourth-order valence-electron chi connectivity index (χ4n) is 2.87. The minimum Gasteiger partial charge on any atom is -0.491 e. The zero-order valence-corrected chi connectivity index (χ0v) is 15.5. The maximum absolute atomic E-state index is 12.8. The zero-order valence-electron chi connectivity index (χ0n) is 15.5. The smallest absolute Gasteiger partial charge is 0.227 e. The second-order valence-electron chi connectivity index (χ2n) is 7.59. The quantitative estimate of drug-likeness (QED) is 0.845. The standard InChI is InChI=1S/C20H26N2O3/c1-14-6-7-16-15(12-14)22(10-5-11-24-16)19(23)9-8-18-21-13-17(25-18)20(2,3)4/h6-7,12-13H,5,8-11H2,1-4H3. The third kappa shape index (κ3) is 4.03.